The van der Waals surface area contributed by atoms with Gasteiger partial charge in [0.05, 0.1) is 25.4 Å². The summed E-state index contributed by atoms with van der Waals surface area (Å²) < 4.78 is 23.2. The Balaban J connectivity index is 1.56. The van der Waals surface area contributed by atoms with Crippen molar-refractivity contribution in [3.8, 4) is 17.2 Å². The van der Waals surface area contributed by atoms with Crippen LogP contribution in [0.4, 0.5) is 4.48 Å². The minimum absolute atomic E-state index is 0.00151. The van der Waals surface area contributed by atoms with Crippen molar-refractivity contribution in [2.24, 2.45) is 5.41 Å². The van der Waals surface area contributed by atoms with Crippen LogP contribution in [-0.2, 0) is 21.7 Å². The molecule has 2 aromatic carbocycles. The van der Waals surface area contributed by atoms with Gasteiger partial charge in [-0.25, -0.2) is 4.98 Å². The lowest BCUT2D eigenvalue weighted by atomic mass is 9.79. The number of carbonyl (C=O) groups is 2. The predicted molar refractivity (Wildman–Crippen MR) is 168 cm³/mol. The minimum Gasteiger partial charge on any atom is -0.396 e. The Morgan fingerprint density at radius 1 is 1.15 bits per heavy atom. The number of fused-ring (bicyclic) bond motifs is 1. The van der Waals surface area contributed by atoms with Crippen LogP contribution >= 0.6 is 11.6 Å². The number of halogens is 2. The van der Waals surface area contributed by atoms with E-state index in [2.05, 4.69) is 4.98 Å². The Bertz CT molecular complexity index is 1690. The third kappa shape index (κ3) is 5.66. The van der Waals surface area contributed by atoms with Gasteiger partial charge >= 0.3 is 0 Å². The molecule has 3 heterocycles. The first-order valence-electron chi connectivity index (χ1n) is 15.6. The maximum Gasteiger partial charge on any atom is 0.285 e. The van der Waals surface area contributed by atoms with Crippen molar-refractivity contribution in [3.63, 3.8) is 0 Å². The van der Waals surface area contributed by atoms with Crippen molar-refractivity contribution >= 4 is 23.4 Å². The maximum atomic E-state index is 16.8. The fourth-order valence-corrected chi connectivity index (χ4v) is 7.12. The van der Waals surface area contributed by atoms with Crippen molar-refractivity contribution in [2.75, 3.05) is 26.4 Å². The molecule has 1 aliphatic carbocycles. The van der Waals surface area contributed by atoms with Gasteiger partial charge in [-0.05, 0) is 73.1 Å². The smallest absolute Gasteiger partial charge is 0.285 e. The van der Waals surface area contributed by atoms with Gasteiger partial charge in [-0.1, -0.05) is 46.4 Å². The topological polar surface area (TPSA) is 127 Å². The lowest BCUT2D eigenvalue weighted by Gasteiger charge is -2.40. The largest absolute Gasteiger partial charge is 0.396 e. The molecule has 2 amide bonds. The molecule has 0 spiro atoms. The highest BCUT2D eigenvalue weighted by atomic mass is 35.5. The first kappa shape index (κ1) is 32.1. The highest BCUT2D eigenvalue weighted by molar-refractivity contribution is 6.30. The molecule has 3 aromatic rings. The number of likely N-dealkylation sites (tertiary alicyclic amines) is 1. The molecule has 1 saturated carbocycles. The van der Waals surface area contributed by atoms with E-state index >= 15 is 4.48 Å². The Hall–Kier alpha value is -3.88. The summed E-state index contributed by atoms with van der Waals surface area (Å²) in [5.74, 6) is -1.58. The molecule has 1 saturated heterocycles. The molecule has 6 rings (SSSR count). The van der Waals surface area contributed by atoms with Crippen molar-refractivity contribution in [1.29, 1.82) is 5.26 Å². The zero-order valence-corrected chi connectivity index (χ0v) is 26.3. The molecule has 2 aliphatic heterocycles. The van der Waals surface area contributed by atoms with Crippen LogP contribution in [0.2, 0.25) is 5.02 Å². The highest BCUT2D eigenvalue weighted by Gasteiger charge is 2.56. The number of hydrogen-bond donors (Lipinski definition) is 2. The SMILES string of the molecule is CC(=O)N1CCCCC1C(CO)c1ccc2c(c1-c1ccc(Cl)cc1)C(=O)N(F)[C@]2(Cc1cccc(C#N)n1)OCC1(CO)CC1. The summed E-state index contributed by atoms with van der Waals surface area (Å²) in [6.07, 6.45) is 3.62. The molecule has 3 aliphatic rings. The van der Waals surface area contributed by atoms with Gasteiger partial charge < -0.3 is 19.8 Å². The number of benzene rings is 2. The van der Waals surface area contributed by atoms with E-state index in [9.17, 15) is 25.1 Å². The van der Waals surface area contributed by atoms with Crippen molar-refractivity contribution in [1.82, 2.24) is 15.0 Å². The lowest BCUT2D eigenvalue weighted by Crippen LogP contribution is -2.46. The van der Waals surface area contributed by atoms with Crippen LogP contribution < -0.4 is 0 Å². The molecule has 9 nitrogen and oxygen atoms in total. The second kappa shape index (κ2) is 12.7. The number of pyridine rings is 1. The predicted octanol–water partition coefficient (Wildman–Crippen LogP) is 5.28. The summed E-state index contributed by atoms with van der Waals surface area (Å²) >= 11 is 6.25. The number of amides is 2. The summed E-state index contributed by atoms with van der Waals surface area (Å²) in [6.45, 7) is 1.64. The van der Waals surface area contributed by atoms with Gasteiger partial charge in [0, 0.05) is 53.5 Å². The van der Waals surface area contributed by atoms with E-state index in [0.717, 1.165) is 12.8 Å². The molecule has 0 bridgehead atoms. The number of ether oxygens (including phenoxy) is 1. The Morgan fingerprint density at radius 3 is 2.57 bits per heavy atom. The lowest BCUT2D eigenvalue weighted by molar-refractivity contribution is -0.215. The number of aliphatic hydroxyl groups excluding tert-OH is 2. The van der Waals surface area contributed by atoms with Gasteiger partial charge in [-0.2, -0.15) is 5.26 Å². The first-order chi connectivity index (χ1) is 22.2. The van der Waals surface area contributed by atoms with Crippen LogP contribution in [0.5, 0.6) is 0 Å². The molecule has 2 fully saturated rings. The van der Waals surface area contributed by atoms with E-state index in [1.165, 1.54) is 6.92 Å². The van der Waals surface area contributed by atoms with Gasteiger partial charge in [0.1, 0.15) is 11.8 Å². The van der Waals surface area contributed by atoms with Gasteiger partial charge in [-0.3, -0.25) is 9.59 Å². The van der Waals surface area contributed by atoms with E-state index < -0.39 is 23.0 Å². The maximum absolute atomic E-state index is 16.8. The minimum atomic E-state index is -1.94. The standard InChI is InChI=1S/C35H36ClFN4O5/c1-22(44)40-16-3-2-7-30(40)28(19-42)27-12-13-29-32(31(27)23-8-10-24(36)11-9-23)33(45)41(37)35(29,46-21-34(20-43)14-15-34)17-25-5-4-6-26(18-38)39-25/h4-6,8-13,28,30,42-43H,2-3,7,14-17,19-21H2,1H3/t28?,30?,35-/m1/s1. The number of nitriles is 1. The van der Waals surface area contributed by atoms with Crippen LogP contribution in [0.1, 0.15) is 77.8 Å². The third-order valence-electron chi connectivity index (χ3n) is 9.77. The Labute approximate surface area is 272 Å². The van der Waals surface area contributed by atoms with Crippen molar-refractivity contribution in [3.05, 3.63) is 87.7 Å². The highest BCUT2D eigenvalue weighted by Crippen LogP contribution is 2.52. The van der Waals surface area contributed by atoms with Gasteiger partial charge in [0.2, 0.25) is 11.6 Å². The molecule has 240 valence electrons. The molecule has 1 aromatic heterocycles. The molecular formula is C35H36ClFN4O5. The fraction of sp³-hybridized carbons (Fsp3) is 0.429. The zero-order valence-electron chi connectivity index (χ0n) is 25.6. The van der Waals surface area contributed by atoms with E-state index in [4.69, 9.17) is 16.3 Å². The molecule has 2 unspecified atom stereocenters. The Kier molecular flexibility index (Phi) is 8.87. The summed E-state index contributed by atoms with van der Waals surface area (Å²) in [6, 6.07) is 16.8. The van der Waals surface area contributed by atoms with Crippen LogP contribution in [0.15, 0.2) is 54.6 Å². The van der Waals surface area contributed by atoms with Gasteiger partial charge in [-0.15, -0.1) is 5.12 Å². The first-order valence-corrected chi connectivity index (χ1v) is 16.0. The van der Waals surface area contributed by atoms with Crippen molar-refractivity contribution in [2.45, 2.75) is 63.1 Å². The molecular weight excluding hydrogens is 611 g/mol. The van der Waals surface area contributed by atoms with Gasteiger partial charge in [0.25, 0.3) is 5.91 Å². The average Bonchev–Trinajstić information content (AvgIpc) is 3.83. The quantitative estimate of drug-likeness (QED) is 0.287. The van der Waals surface area contributed by atoms with Crippen LogP contribution in [0.25, 0.3) is 11.1 Å². The number of aliphatic hydroxyl groups is 2. The van der Waals surface area contributed by atoms with E-state index in [1.807, 2.05) is 6.07 Å². The summed E-state index contributed by atoms with van der Waals surface area (Å²) in [5.41, 5.74) is 0.00808. The van der Waals surface area contributed by atoms with E-state index in [1.54, 1.807) is 59.5 Å². The average molecular weight is 647 g/mol. The van der Waals surface area contributed by atoms with E-state index in [-0.39, 0.29) is 60.1 Å². The van der Waals surface area contributed by atoms with Crippen LogP contribution in [-0.4, -0.2) is 69.4 Å². The second-order valence-electron chi connectivity index (χ2n) is 12.6. The molecule has 2 N–H and O–H groups in total. The summed E-state index contributed by atoms with van der Waals surface area (Å²) in [4.78, 5) is 33.0. The number of hydrogen-bond acceptors (Lipinski definition) is 7. The number of piperidine rings is 1. The normalized spacial score (nSPS) is 22.3. The van der Waals surface area contributed by atoms with E-state index in [0.29, 0.717) is 53.2 Å². The number of nitrogens with zero attached hydrogens (tertiary/aromatic N) is 4. The van der Waals surface area contributed by atoms with Crippen LogP contribution in [0.3, 0.4) is 0 Å². The summed E-state index contributed by atoms with van der Waals surface area (Å²) in [5, 5.41) is 31.0. The second-order valence-corrected chi connectivity index (χ2v) is 13.1. The number of carbonyl (C=O) groups excluding carboxylic acids is 2. The zero-order chi connectivity index (χ0) is 32.6. The molecule has 11 heteroatoms. The monoisotopic (exact) mass is 646 g/mol. The van der Waals surface area contributed by atoms with Gasteiger partial charge in [0.15, 0.2) is 0 Å². The van der Waals surface area contributed by atoms with Crippen molar-refractivity contribution < 1.29 is 29.0 Å². The molecule has 0 radical (unpaired) electrons. The summed E-state index contributed by atoms with van der Waals surface area (Å²) in [7, 11) is 0. The molecule has 3 atom stereocenters. The fourth-order valence-electron chi connectivity index (χ4n) is 7.00. The third-order valence-corrected chi connectivity index (χ3v) is 10.0. The van der Waals surface area contributed by atoms with Crippen LogP contribution in [0, 0.1) is 16.7 Å². The number of aromatic nitrogens is 1. The Morgan fingerprint density at radius 2 is 1.91 bits per heavy atom. The number of rotatable bonds is 10. The molecule has 46 heavy (non-hydrogen) atoms.